The lowest BCUT2D eigenvalue weighted by Gasteiger charge is -2.20. The first-order chi connectivity index (χ1) is 15.1. The molecule has 1 atom stereocenters. The van der Waals surface area contributed by atoms with E-state index < -0.39 is 6.17 Å². The molecule has 3 aromatic rings. The number of hydrogen-bond donors (Lipinski definition) is 4. The van der Waals surface area contributed by atoms with Crippen LogP contribution in [0.3, 0.4) is 0 Å². The molecule has 0 saturated carbocycles. The average molecular weight is 441 g/mol. The summed E-state index contributed by atoms with van der Waals surface area (Å²) in [6.45, 7) is 4.01. The van der Waals surface area contributed by atoms with Crippen molar-refractivity contribution in [3.05, 3.63) is 46.2 Å². The van der Waals surface area contributed by atoms with Gasteiger partial charge in [-0.25, -0.2) is 9.97 Å². The largest absolute Gasteiger partial charge is 0.339 e. The molecule has 2 amide bonds. The number of rotatable bonds is 8. The normalized spacial score (nSPS) is 15.6. The lowest BCUT2D eigenvalue weighted by atomic mass is 9.97. The van der Waals surface area contributed by atoms with E-state index in [4.69, 9.17) is 0 Å². The van der Waals surface area contributed by atoms with Gasteiger partial charge in [-0.05, 0) is 50.4 Å². The summed E-state index contributed by atoms with van der Waals surface area (Å²) in [5, 5.41) is 9.57. The number of thiazole rings is 1. The van der Waals surface area contributed by atoms with E-state index in [9.17, 15) is 9.59 Å². The molecule has 1 unspecified atom stereocenters. The van der Waals surface area contributed by atoms with Crippen molar-refractivity contribution in [1.29, 1.82) is 0 Å². The van der Waals surface area contributed by atoms with Gasteiger partial charge >= 0.3 is 0 Å². The molecule has 31 heavy (non-hydrogen) atoms. The van der Waals surface area contributed by atoms with Crippen LogP contribution < -0.4 is 16.0 Å². The van der Waals surface area contributed by atoms with Crippen LogP contribution in [0.1, 0.15) is 71.6 Å². The summed E-state index contributed by atoms with van der Waals surface area (Å²) in [6, 6.07) is 7.61. The summed E-state index contributed by atoms with van der Waals surface area (Å²) in [4.78, 5) is 38.6. The molecule has 1 aliphatic heterocycles. The van der Waals surface area contributed by atoms with Gasteiger partial charge < -0.3 is 20.9 Å². The molecule has 9 heteroatoms. The van der Waals surface area contributed by atoms with Crippen LogP contribution in [0.25, 0.3) is 11.0 Å². The lowest BCUT2D eigenvalue weighted by molar-refractivity contribution is -0.122. The van der Waals surface area contributed by atoms with Gasteiger partial charge in [0.15, 0.2) is 17.0 Å². The van der Waals surface area contributed by atoms with Gasteiger partial charge in [-0.3, -0.25) is 9.59 Å². The molecule has 0 aliphatic carbocycles. The number of nitrogens with zero attached hydrogens (tertiary/aromatic N) is 2. The highest BCUT2D eigenvalue weighted by atomic mass is 32.1. The minimum absolute atomic E-state index is 0.123. The van der Waals surface area contributed by atoms with Gasteiger partial charge in [0.1, 0.15) is 0 Å². The quantitative estimate of drug-likeness (QED) is 0.402. The number of carbonyl (C=O) groups is 2. The lowest BCUT2D eigenvalue weighted by Crippen LogP contribution is -2.41. The highest BCUT2D eigenvalue weighted by Gasteiger charge is 2.24. The van der Waals surface area contributed by atoms with E-state index in [1.807, 2.05) is 37.4 Å². The number of amides is 2. The van der Waals surface area contributed by atoms with Crippen molar-refractivity contribution in [2.45, 2.75) is 51.1 Å². The van der Waals surface area contributed by atoms with E-state index in [0.717, 1.165) is 54.7 Å². The first-order valence-electron chi connectivity index (χ1n) is 10.9. The van der Waals surface area contributed by atoms with Gasteiger partial charge in [0.05, 0.1) is 11.0 Å². The molecule has 8 nitrogen and oxygen atoms in total. The van der Waals surface area contributed by atoms with Gasteiger partial charge in [-0.2, -0.15) is 0 Å². The second-order valence-corrected chi connectivity index (χ2v) is 8.87. The van der Waals surface area contributed by atoms with Gasteiger partial charge in [0.25, 0.3) is 5.91 Å². The van der Waals surface area contributed by atoms with Crippen LogP contribution in [0.15, 0.2) is 30.5 Å². The second kappa shape index (κ2) is 10.0. The predicted octanol–water partition coefficient (Wildman–Crippen LogP) is 3.22. The number of piperidine rings is 1. The predicted molar refractivity (Wildman–Crippen MR) is 121 cm³/mol. The zero-order chi connectivity index (χ0) is 21.6. The first kappa shape index (κ1) is 21.5. The minimum Gasteiger partial charge on any atom is -0.339 e. The van der Waals surface area contributed by atoms with Crippen LogP contribution >= 0.6 is 11.3 Å². The molecule has 1 saturated heterocycles. The number of imidazole rings is 1. The Kier molecular flexibility index (Phi) is 6.93. The Morgan fingerprint density at radius 3 is 2.81 bits per heavy atom. The molecule has 1 fully saturated rings. The van der Waals surface area contributed by atoms with E-state index in [2.05, 4.69) is 30.9 Å². The van der Waals surface area contributed by atoms with Crippen LogP contribution in [0.2, 0.25) is 0 Å². The third-order valence-corrected chi connectivity index (χ3v) is 6.64. The molecule has 0 spiro atoms. The molecule has 0 bridgehead atoms. The third-order valence-electron chi connectivity index (χ3n) is 5.48. The number of aromatic amines is 1. The maximum atomic E-state index is 13.0. The van der Waals surface area contributed by atoms with Gasteiger partial charge in [-0.1, -0.05) is 25.5 Å². The van der Waals surface area contributed by atoms with Crippen molar-refractivity contribution in [2.24, 2.45) is 0 Å². The highest BCUT2D eigenvalue weighted by Crippen LogP contribution is 2.29. The SMILES string of the molecule is CCCCC(=O)NC(NC(=O)c1ncc(C2CCNCC2)s1)c1nc2ccccc2[nH]1. The fraction of sp³-hybridized carbons (Fsp3) is 0.455. The van der Waals surface area contributed by atoms with Crippen LogP contribution in [0.4, 0.5) is 0 Å². The molecule has 0 radical (unpaired) electrons. The highest BCUT2D eigenvalue weighted by molar-refractivity contribution is 7.13. The van der Waals surface area contributed by atoms with E-state index >= 15 is 0 Å². The summed E-state index contributed by atoms with van der Waals surface area (Å²) in [7, 11) is 0. The monoisotopic (exact) mass is 440 g/mol. The summed E-state index contributed by atoms with van der Waals surface area (Å²) in [6.07, 6.45) is 5.28. The molecule has 4 rings (SSSR count). The number of nitrogens with one attached hydrogen (secondary N) is 4. The number of H-pyrrole nitrogens is 1. The van der Waals surface area contributed by atoms with Crippen LogP contribution in [-0.4, -0.2) is 39.9 Å². The maximum Gasteiger partial charge on any atom is 0.282 e. The van der Waals surface area contributed by atoms with E-state index in [1.54, 1.807) is 0 Å². The molecular weight excluding hydrogens is 412 g/mol. The van der Waals surface area contributed by atoms with Crippen LogP contribution in [0, 0.1) is 0 Å². The van der Waals surface area contributed by atoms with Gasteiger partial charge in [0.2, 0.25) is 5.91 Å². The minimum atomic E-state index is -0.754. The summed E-state index contributed by atoms with van der Waals surface area (Å²) in [5.74, 6) is 0.503. The van der Waals surface area contributed by atoms with Crippen LogP contribution in [-0.2, 0) is 4.79 Å². The van der Waals surface area contributed by atoms with E-state index in [-0.39, 0.29) is 11.8 Å². The number of aromatic nitrogens is 3. The Morgan fingerprint density at radius 2 is 2.03 bits per heavy atom. The van der Waals surface area contributed by atoms with Crippen molar-refractivity contribution in [1.82, 2.24) is 30.9 Å². The van der Waals surface area contributed by atoms with E-state index in [1.165, 1.54) is 11.3 Å². The van der Waals surface area contributed by atoms with Gasteiger partial charge in [0, 0.05) is 17.5 Å². The number of fused-ring (bicyclic) bond motifs is 1. The zero-order valence-electron chi connectivity index (χ0n) is 17.6. The number of benzene rings is 1. The maximum absolute atomic E-state index is 13.0. The van der Waals surface area contributed by atoms with Crippen molar-refractivity contribution in [3.8, 4) is 0 Å². The standard InChI is InChI=1S/C22H28N6O2S/c1-2-3-8-18(29)27-20(19-25-15-6-4-5-7-16(15)26-19)28-21(30)22-24-13-17(31-22)14-9-11-23-12-10-14/h4-7,13-14,20,23H,2-3,8-12H2,1H3,(H,25,26)(H,27,29)(H,28,30). The summed E-state index contributed by atoms with van der Waals surface area (Å²) in [5.41, 5.74) is 1.63. The van der Waals surface area contributed by atoms with Crippen molar-refractivity contribution in [2.75, 3.05) is 13.1 Å². The molecule has 4 N–H and O–H groups in total. The van der Waals surface area contributed by atoms with E-state index in [0.29, 0.717) is 23.2 Å². The fourth-order valence-corrected chi connectivity index (χ4v) is 4.72. The van der Waals surface area contributed by atoms with Crippen molar-refractivity contribution in [3.63, 3.8) is 0 Å². The Balaban J connectivity index is 1.51. The molecular formula is C22H28N6O2S. The molecule has 2 aromatic heterocycles. The Labute approximate surface area is 185 Å². The second-order valence-electron chi connectivity index (χ2n) is 7.81. The number of para-hydroxylation sites is 2. The van der Waals surface area contributed by atoms with Crippen LogP contribution in [0.5, 0.6) is 0 Å². The Morgan fingerprint density at radius 1 is 1.23 bits per heavy atom. The average Bonchev–Trinajstić information content (AvgIpc) is 3.45. The summed E-state index contributed by atoms with van der Waals surface area (Å²) >= 11 is 1.43. The fourth-order valence-electron chi connectivity index (χ4n) is 3.73. The Bertz CT molecular complexity index is 1010. The zero-order valence-corrected chi connectivity index (χ0v) is 18.4. The molecule has 1 aromatic carbocycles. The van der Waals surface area contributed by atoms with Crippen molar-refractivity contribution >= 4 is 34.2 Å². The third kappa shape index (κ3) is 5.29. The van der Waals surface area contributed by atoms with Crippen molar-refractivity contribution < 1.29 is 9.59 Å². The number of hydrogen-bond acceptors (Lipinski definition) is 6. The van der Waals surface area contributed by atoms with Gasteiger partial charge in [-0.15, -0.1) is 11.3 Å². The molecule has 164 valence electrons. The topological polar surface area (TPSA) is 112 Å². The smallest absolute Gasteiger partial charge is 0.282 e. The Hall–Kier alpha value is -2.78. The first-order valence-corrected chi connectivity index (χ1v) is 11.7. The number of carbonyl (C=O) groups excluding carboxylic acids is 2. The molecule has 1 aliphatic rings. The number of unbranched alkanes of at least 4 members (excludes halogenated alkanes) is 1. The molecule has 3 heterocycles. The summed E-state index contributed by atoms with van der Waals surface area (Å²) < 4.78 is 0.